The highest BCUT2D eigenvalue weighted by atomic mass is 19.1. The Kier molecular flexibility index (Phi) is 5.44. The maximum Gasteiger partial charge on any atom is 0.291 e. The summed E-state index contributed by atoms with van der Waals surface area (Å²) in [5.74, 6) is -0.404. The van der Waals surface area contributed by atoms with E-state index in [0.717, 1.165) is 0 Å². The standard InChI is InChI=1S/C16H21FN4O2/c1-10(2)15-19-14(16(23)18-11(3)8-9-22)20-21(15)13-7-5-4-6-12(13)17/h4-7,10-11,22H,8-9H2,1-3H3,(H,18,23). The van der Waals surface area contributed by atoms with Gasteiger partial charge >= 0.3 is 0 Å². The summed E-state index contributed by atoms with van der Waals surface area (Å²) in [4.78, 5) is 16.5. The highest BCUT2D eigenvalue weighted by Crippen LogP contribution is 2.19. The third kappa shape index (κ3) is 3.92. The zero-order valence-electron chi connectivity index (χ0n) is 13.5. The average molecular weight is 320 g/mol. The quantitative estimate of drug-likeness (QED) is 0.853. The number of aliphatic hydroxyl groups excluding tert-OH is 1. The van der Waals surface area contributed by atoms with E-state index in [1.807, 2.05) is 13.8 Å². The van der Waals surface area contributed by atoms with E-state index >= 15 is 0 Å². The molecule has 0 fully saturated rings. The predicted molar refractivity (Wildman–Crippen MR) is 84.0 cm³/mol. The smallest absolute Gasteiger partial charge is 0.291 e. The molecule has 0 aliphatic rings. The molecule has 2 aromatic rings. The van der Waals surface area contributed by atoms with E-state index in [4.69, 9.17) is 5.11 Å². The lowest BCUT2D eigenvalue weighted by molar-refractivity contribution is 0.0924. The van der Waals surface area contributed by atoms with Crippen molar-refractivity contribution in [3.63, 3.8) is 0 Å². The molecule has 0 saturated heterocycles. The Morgan fingerprint density at radius 2 is 2.04 bits per heavy atom. The number of aromatic nitrogens is 3. The molecule has 1 atom stereocenters. The molecule has 2 N–H and O–H groups in total. The van der Waals surface area contributed by atoms with Crippen molar-refractivity contribution in [2.24, 2.45) is 0 Å². The molecule has 0 spiro atoms. The molecule has 1 unspecified atom stereocenters. The van der Waals surface area contributed by atoms with Crippen LogP contribution in [0.2, 0.25) is 0 Å². The summed E-state index contributed by atoms with van der Waals surface area (Å²) in [5, 5.41) is 15.8. The van der Waals surface area contributed by atoms with Crippen LogP contribution in [0, 0.1) is 5.82 Å². The molecule has 1 aromatic heterocycles. The molecule has 0 radical (unpaired) electrons. The highest BCUT2D eigenvalue weighted by molar-refractivity contribution is 5.90. The van der Waals surface area contributed by atoms with E-state index in [9.17, 15) is 9.18 Å². The van der Waals surface area contributed by atoms with Gasteiger partial charge in [0.05, 0.1) is 0 Å². The fourth-order valence-electron chi connectivity index (χ4n) is 2.15. The van der Waals surface area contributed by atoms with Gasteiger partial charge in [0.15, 0.2) is 0 Å². The van der Waals surface area contributed by atoms with Gasteiger partial charge in [0.25, 0.3) is 5.91 Å². The Morgan fingerprint density at radius 1 is 1.35 bits per heavy atom. The van der Waals surface area contributed by atoms with Crippen molar-refractivity contribution in [1.29, 1.82) is 0 Å². The number of amides is 1. The van der Waals surface area contributed by atoms with Crippen molar-refractivity contribution >= 4 is 5.91 Å². The molecule has 0 saturated carbocycles. The topological polar surface area (TPSA) is 80.0 Å². The maximum atomic E-state index is 14.0. The number of carbonyl (C=O) groups is 1. The number of carbonyl (C=O) groups excluding carboxylic acids is 1. The van der Waals surface area contributed by atoms with Gasteiger partial charge in [0.2, 0.25) is 5.82 Å². The molecule has 0 bridgehead atoms. The summed E-state index contributed by atoms with van der Waals surface area (Å²) < 4.78 is 15.4. The first-order valence-electron chi connectivity index (χ1n) is 7.57. The number of hydrogen-bond acceptors (Lipinski definition) is 4. The largest absolute Gasteiger partial charge is 0.396 e. The van der Waals surface area contributed by atoms with E-state index < -0.39 is 11.7 Å². The zero-order chi connectivity index (χ0) is 17.0. The van der Waals surface area contributed by atoms with Crippen LogP contribution in [-0.4, -0.2) is 38.4 Å². The van der Waals surface area contributed by atoms with E-state index in [2.05, 4.69) is 15.4 Å². The first-order chi connectivity index (χ1) is 10.9. The monoisotopic (exact) mass is 320 g/mol. The zero-order valence-corrected chi connectivity index (χ0v) is 13.5. The lowest BCUT2D eigenvalue weighted by Crippen LogP contribution is -2.34. The first kappa shape index (κ1) is 17.1. The molecule has 2 rings (SSSR count). The van der Waals surface area contributed by atoms with Crippen LogP contribution in [0.1, 0.15) is 49.6 Å². The van der Waals surface area contributed by atoms with Gasteiger partial charge in [-0.3, -0.25) is 4.79 Å². The Labute approximate surface area is 134 Å². The number of benzene rings is 1. The molecule has 0 aliphatic heterocycles. The van der Waals surface area contributed by atoms with Crippen LogP contribution in [0.5, 0.6) is 0 Å². The van der Waals surface area contributed by atoms with Crippen LogP contribution in [0.15, 0.2) is 24.3 Å². The molecular formula is C16H21FN4O2. The van der Waals surface area contributed by atoms with Crippen LogP contribution in [0.4, 0.5) is 4.39 Å². The summed E-state index contributed by atoms with van der Waals surface area (Å²) in [7, 11) is 0. The molecule has 1 heterocycles. The van der Waals surface area contributed by atoms with E-state index in [0.29, 0.717) is 12.2 Å². The number of halogens is 1. The first-order valence-corrected chi connectivity index (χ1v) is 7.57. The van der Waals surface area contributed by atoms with E-state index in [1.54, 1.807) is 25.1 Å². The molecule has 23 heavy (non-hydrogen) atoms. The Hall–Kier alpha value is -2.28. The minimum Gasteiger partial charge on any atom is -0.396 e. The van der Waals surface area contributed by atoms with E-state index in [1.165, 1.54) is 10.7 Å². The number of para-hydroxylation sites is 1. The van der Waals surface area contributed by atoms with Crippen molar-refractivity contribution in [2.75, 3.05) is 6.61 Å². The highest BCUT2D eigenvalue weighted by Gasteiger charge is 2.21. The summed E-state index contributed by atoms with van der Waals surface area (Å²) in [6, 6.07) is 6.02. The van der Waals surface area contributed by atoms with Crippen LogP contribution in [-0.2, 0) is 0 Å². The Morgan fingerprint density at radius 3 is 2.65 bits per heavy atom. The maximum absolute atomic E-state index is 14.0. The number of aliphatic hydroxyl groups is 1. The Balaban J connectivity index is 2.36. The number of nitrogens with one attached hydrogen (secondary N) is 1. The normalized spacial score (nSPS) is 12.4. The van der Waals surface area contributed by atoms with Crippen LogP contribution in [0.25, 0.3) is 5.69 Å². The molecular weight excluding hydrogens is 299 g/mol. The number of nitrogens with zero attached hydrogens (tertiary/aromatic N) is 3. The summed E-state index contributed by atoms with van der Waals surface area (Å²) in [6.07, 6.45) is 0.441. The number of hydrogen-bond donors (Lipinski definition) is 2. The van der Waals surface area contributed by atoms with Gasteiger partial charge in [-0.25, -0.2) is 14.1 Å². The van der Waals surface area contributed by atoms with Crippen LogP contribution < -0.4 is 5.32 Å². The predicted octanol–water partition coefficient (Wildman–Crippen LogP) is 2.03. The van der Waals surface area contributed by atoms with Crippen molar-refractivity contribution < 1.29 is 14.3 Å². The van der Waals surface area contributed by atoms with E-state index in [-0.39, 0.29) is 30.1 Å². The van der Waals surface area contributed by atoms with Gasteiger partial charge in [0, 0.05) is 18.6 Å². The second-order valence-electron chi connectivity index (χ2n) is 5.70. The van der Waals surface area contributed by atoms with Crippen molar-refractivity contribution in [3.8, 4) is 5.69 Å². The molecule has 6 nitrogen and oxygen atoms in total. The minimum atomic E-state index is -0.442. The second kappa shape index (κ2) is 7.32. The van der Waals surface area contributed by atoms with Gasteiger partial charge in [0.1, 0.15) is 17.3 Å². The fraction of sp³-hybridized carbons (Fsp3) is 0.438. The Bertz CT molecular complexity index is 684. The number of rotatable bonds is 6. The summed E-state index contributed by atoms with van der Waals surface area (Å²) in [6.45, 7) is 5.57. The average Bonchev–Trinajstić information content (AvgIpc) is 2.93. The molecule has 0 aliphatic carbocycles. The SMILES string of the molecule is CC(CCO)NC(=O)c1nc(C(C)C)n(-c2ccccc2F)n1. The van der Waals surface area contributed by atoms with Gasteiger partial charge in [-0.15, -0.1) is 5.10 Å². The van der Waals surface area contributed by atoms with Crippen LogP contribution in [0.3, 0.4) is 0 Å². The third-order valence-electron chi connectivity index (χ3n) is 3.37. The third-order valence-corrected chi connectivity index (χ3v) is 3.37. The lowest BCUT2D eigenvalue weighted by atomic mass is 10.2. The minimum absolute atomic E-state index is 0.0123. The van der Waals surface area contributed by atoms with Gasteiger partial charge < -0.3 is 10.4 Å². The summed E-state index contributed by atoms with van der Waals surface area (Å²) >= 11 is 0. The van der Waals surface area contributed by atoms with Crippen molar-refractivity contribution in [1.82, 2.24) is 20.1 Å². The molecule has 1 amide bonds. The van der Waals surface area contributed by atoms with Gasteiger partial charge in [-0.2, -0.15) is 0 Å². The van der Waals surface area contributed by atoms with Gasteiger partial charge in [-0.1, -0.05) is 26.0 Å². The lowest BCUT2D eigenvalue weighted by Gasteiger charge is -2.10. The second-order valence-corrected chi connectivity index (χ2v) is 5.70. The van der Waals surface area contributed by atoms with Gasteiger partial charge in [-0.05, 0) is 25.5 Å². The molecule has 1 aromatic carbocycles. The molecule has 7 heteroatoms. The fourth-order valence-corrected chi connectivity index (χ4v) is 2.15. The molecule has 124 valence electrons. The van der Waals surface area contributed by atoms with Crippen molar-refractivity contribution in [2.45, 2.75) is 39.2 Å². The summed E-state index contributed by atoms with van der Waals surface area (Å²) in [5.41, 5.74) is 0.256. The van der Waals surface area contributed by atoms with Crippen molar-refractivity contribution in [3.05, 3.63) is 41.7 Å². The van der Waals surface area contributed by atoms with Crippen LogP contribution >= 0.6 is 0 Å².